The second-order valence-corrected chi connectivity index (χ2v) is 12.5. The van der Waals surface area contributed by atoms with Gasteiger partial charge in [0.05, 0.1) is 5.56 Å². The minimum Gasteiger partial charge on any atom is -0.352 e. The van der Waals surface area contributed by atoms with Gasteiger partial charge in [-0.2, -0.15) is 18.4 Å². The Bertz CT molecular complexity index is 1390. The number of piperazine rings is 1. The van der Waals surface area contributed by atoms with Gasteiger partial charge in [0.1, 0.15) is 30.7 Å². The number of hydrogen-bond donors (Lipinski definition) is 0. The van der Waals surface area contributed by atoms with Gasteiger partial charge in [-0.1, -0.05) is 13.8 Å². The Hall–Kier alpha value is -3.41. The summed E-state index contributed by atoms with van der Waals surface area (Å²) in [7, 11) is -1.53. The molecule has 5 rings (SSSR count). The Morgan fingerprint density at radius 3 is 2.51 bits per heavy atom. The van der Waals surface area contributed by atoms with E-state index in [9.17, 15) is 26.6 Å². The number of rotatable bonds is 4. The highest BCUT2D eigenvalue weighted by Crippen LogP contribution is 2.47. The lowest BCUT2D eigenvalue weighted by atomic mass is 9.87. The molecule has 2 saturated heterocycles. The fraction of sp³-hybridized carbons (Fsp3) is 0.583. The molecule has 10 nitrogen and oxygen atoms in total. The van der Waals surface area contributed by atoms with Crippen molar-refractivity contribution in [2.45, 2.75) is 49.6 Å². The zero-order chi connectivity index (χ0) is 28.3. The average molecular weight is 567 g/mol. The van der Waals surface area contributed by atoms with E-state index < -0.39 is 51.0 Å². The van der Waals surface area contributed by atoms with E-state index in [0.29, 0.717) is 36.0 Å². The summed E-state index contributed by atoms with van der Waals surface area (Å²) < 4.78 is 65.3. The number of nitrogens with zero attached hydrogens (tertiary/aromatic N) is 8. The van der Waals surface area contributed by atoms with Crippen LogP contribution in [0.4, 0.5) is 35.0 Å². The van der Waals surface area contributed by atoms with E-state index in [1.54, 1.807) is 4.90 Å². The van der Waals surface area contributed by atoms with Crippen molar-refractivity contribution in [3.05, 3.63) is 29.2 Å². The van der Waals surface area contributed by atoms with Gasteiger partial charge in [-0.15, -0.1) is 10.2 Å². The predicted molar refractivity (Wildman–Crippen MR) is 134 cm³/mol. The van der Waals surface area contributed by atoms with Crippen LogP contribution in [0.1, 0.15) is 44.0 Å². The number of anilines is 3. The fourth-order valence-corrected chi connectivity index (χ4v) is 6.80. The van der Waals surface area contributed by atoms with Gasteiger partial charge in [0.25, 0.3) is 0 Å². The summed E-state index contributed by atoms with van der Waals surface area (Å²) >= 11 is 0. The number of alkyl halides is 4. The van der Waals surface area contributed by atoms with Crippen LogP contribution in [-0.4, -0.2) is 84.6 Å². The number of carbonyl (C=O) groups excluding carboxylic acids is 1. The van der Waals surface area contributed by atoms with E-state index in [1.165, 1.54) is 17.3 Å². The highest BCUT2D eigenvalue weighted by molar-refractivity contribution is 7.88. The van der Waals surface area contributed by atoms with Crippen molar-refractivity contribution in [2.24, 2.45) is 0 Å². The molecular formula is C24H26F4N8O2S. The lowest BCUT2D eigenvalue weighted by Crippen LogP contribution is -2.65. The Balaban J connectivity index is 1.45. The number of fused-ring (bicyclic) bond motifs is 1. The molecule has 5 heterocycles. The Labute approximate surface area is 224 Å². The number of aromatic nitrogens is 4. The molecule has 0 N–H and O–H groups in total. The summed E-state index contributed by atoms with van der Waals surface area (Å²) in [5.74, 6) is 0.755. The molecule has 208 valence electrons. The molecule has 3 aliphatic rings. The van der Waals surface area contributed by atoms with Crippen LogP contribution in [0.25, 0.3) is 0 Å². The molecule has 2 fully saturated rings. The Morgan fingerprint density at radius 2 is 1.95 bits per heavy atom. The number of amides is 1. The molecule has 0 radical (unpaired) electrons. The monoisotopic (exact) mass is 566 g/mol. The van der Waals surface area contributed by atoms with E-state index in [4.69, 9.17) is 5.26 Å². The first kappa shape index (κ1) is 27.2. The number of carbonyl (C=O) groups is 1. The molecule has 0 aromatic carbocycles. The zero-order valence-electron chi connectivity index (χ0n) is 21.5. The molecule has 0 aliphatic carbocycles. The van der Waals surface area contributed by atoms with Crippen LogP contribution in [0.2, 0.25) is 0 Å². The van der Waals surface area contributed by atoms with Crippen LogP contribution in [0.3, 0.4) is 0 Å². The highest BCUT2D eigenvalue weighted by Gasteiger charge is 2.54. The first-order chi connectivity index (χ1) is 18.3. The van der Waals surface area contributed by atoms with Crippen LogP contribution in [0, 0.1) is 11.3 Å². The number of nitriles is 1. The van der Waals surface area contributed by atoms with Gasteiger partial charge >= 0.3 is 6.18 Å². The van der Waals surface area contributed by atoms with E-state index in [1.807, 2.05) is 25.7 Å². The summed E-state index contributed by atoms with van der Waals surface area (Å²) in [6.45, 7) is 5.98. The predicted octanol–water partition coefficient (Wildman–Crippen LogP) is 2.48. The molecule has 0 spiro atoms. The highest BCUT2D eigenvalue weighted by atomic mass is 32.2. The summed E-state index contributed by atoms with van der Waals surface area (Å²) in [6.07, 6.45) is -3.20. The molecule has 0 bridgehead atoms. The summed E-state index contributed by atoms with van der Waals surface area (Å²) in [4.78, 5) is 27.1. The summed E-state index contributed by atoms with van der Waals surface area (Å²) in [6, 6.07) is 1.92. The van der Waals surface area contributed by atoms with Crippen LogP contribution in [0.15, 0.2) is 12.4 Å². The van der Waals surface area contributed by atoms with Gasteiger partial charge in [-0.3, -0.25) is 9.00 Å². The number of halogens is 4. The van der Waals surface area contributed by atoms with E-state index in [-0.39, 0.29) is 31.4 Å². The van der Waals surface area contributed by atoms with Gasteiger partial charge in [-0.05, 0) is 19.4 Å². The normalized spacial score (nSPS) is 26.2. The van der Waals surface area contributed by atoms with Gasteiger partial charge < -0.3 is 14.7 Å². The third-order valence-corrected chi connectivity index (χ3v) is 9.62. The third kappa shape index (κ3) is 4.29. The SMILES string of the molecule is CC1CN(c2ncnc3c2C(C)(C)CN3c2cc(C(F)(F)F)c(C#N)nn2)CCN1C(=O)[C@]1(CF)CCS1=O. The summed E-state index contributed by atoms with van der Waals surface area (Å²) in [5.41, 5.74) is -1.88. The van der Waals surface area contributed by atoms with Crippen molar-refractivity contribution < 1.29 is 26.6 Å². The van der Waals surface area contributed by atoms with Gasteiger partial charge in [0.15, 0.2) is 16.3 Å². The molecule has 3 atom stereocenters. The van der Waals surface area contributed by atoms with Crippen molar-refractivity contribution in [1.29, 1.82) is 5.26 Å². The molecule has 2 aromatic rings. The molecule has 39 heavy (non-hydrogen) atoms. The molecule has 2 aromatic heterocycles. The van der Waals surface area contributed by atoms with Crippen LogP contribution < -0.4 is 9.80 Å². The maximum Gasteiger partial charge on any atom is 0.419 e. The molecule has 3 aliphatic heterocycles. The quantitative estimate of drug-likeness (QED) is 0.514. The molecule has 15 heteroatoms. The van der Waals surface area contributed by atoms with Crippen molar-refractivity contribution in [2.75, 3.05) is 48.4 Å². The largest absolute Gasteiger partial charge is 0.419 e. The van der Waals surface area contributed by atoms with E-state index in [0.717, 1.165) is 6.07 Å². The van der Waals surface area contributed by atoms with Gasteiger partial charge in [0, 0.05) is 59.8 Å². The van der Waals surface area contributed by atoms with Crippen LogP contribution in [0.5, 0.6) is 0 Å². The zero-order valence-corrected chi connectivity index (χ0v) is 22.3. The van der Waals surface area contributed by atoms with E-state index in [2.05, 4.69) is 20.2 Å². The minimum absolute atomic E-state index is 0.0911. The third-order valence-electron chi connectivity index (χ3n) is 7.68. The van der Waals surface area contributed by atoms with Crippen LogP contribution >= 0.6 is 0 Å². The second kappa shape index (κ2) is 9.35. The maximum absolute atomic E-state index is 13.8. The van der Waals surface area contributed by atoms with Crippen LogP contribution in [-0.2, 0) is 27.2 Å². The summed E-state index contributed by atoms with van der Waals surface area (Å²) in [5, 5.41) is 16.5. The Morgan fingerprint density at radius 1 is 1.23 bits per heavy atom. The lowest BCUT2D eigenvalue weighted by Gasteiger charge is -2.46. The first-order valence-corrected chi connectivity index (χ1v) is 13.6. The van der Waals surface area contributed by atoms with Crippen molar-refractivity contribution in [1.82, 2.24) is 25.1 Å². The van der Waals surface area contributed by atoms with Gasteiger partial charge in [-0.25, -0.2) is 14.4 Å². The lowest BCUT2D eigenvalue weighted by molar-refractivity contribution is -0.138. The van der Waals surface area contributed by atoms with Gasteiger partial charge in [0.2, 0.25) is 5.91 Å². The molecule has 2 unspecified atom stereocenters. The number of hydrogen-bond acceptors (Lipinski definition) is 9. The molecule has 1 amide bonds. The van der Waals surface area contributed by atoms with E-state index >= 15 is 0 Å². The second-order valence-electron chi connectivity index (χ2n) is 10.7. The topological polar surface area (TPSA) is 119 Å². The molecular weight excluding hydrogens is 540 g/mol. The first-order valence-electron chi connectivity index (χ1n) is 12.3. The Kier molecular flexibility index (Phi) is 6.52. The van der Waals surface area contributed by atoms with Crippen molar-refractivity contribution in [3.63, 3.8) is 0 Å². The maximum atomic E-state index is 13.8. The molecule has 0 saturated carbocycles. The standard InChI is InChI=1S/C24H26F4N8O2S/c1-14-10-34(5-6-35(14)21(37)23(11-25)4-7-39(23)38)19-18-20(31-13-30-19)36(12-22(18,2)3)17-8-15(24(26,27)28)16(9-29)32-33-17/h8,13-14H,4-7,10-12H2,1-3H3/t14?,23-,39?/m1/s1. The average Bonchev–Trinajstić information content (AvgIpc) is 3.18. The minimum atomic E-state index is -4.79. The van der Waals surface area contributed by atoms with Crippen molar-refractivity contribution >= 4 is 34.2 Å². The fourth-order valence-electron chi connectivity index (χ4n) is 5.50. The smallest absolute Gasteiger partial charge is 0.352 e. The van der Waals surface area contributed by atoms with Crippen molar-refractivity contribution in [3.8, 4) is 6.07 Å².